The van der Waals surface area contributed by atoms with Crippen molar-refractivity contribution < 1.29 is 0 Å². The highest BCUT2D eigenvalue weighted by Gasteiger charge is 2.45. The molecule has 0 saturated heterocycles. The SMILES string of the molecule is Cc1cc2c(cc1N1c3cc4c(cc3[B]c3c(-c5cccc6c5Nc5ccccc5C6(c5ccccc5)c5ccccc5)cc(-c5ccccc5)cc31)Sc1ccccc1S4)C(C)(C)CCC2(C)C. The maximum Gasteiger partial charge on any atom is 0.197 e. The topological polar surface area (TPSA) is 15.3 Å². The predicted molar refractivity (Wildman–Crippen MR) is 293 cm³/mol. The van der Waals surface area contributed by atoms with Crippen molar-refractivity contribution in [3.63, 3.8) is 0 Å². The van der Waals surface area contributed by atoms with Crippen molar-refractivity contribution >= 4 is 70.2 Å². The normalized spacial score (nSPS) is 16.2. The van der Waals surface area contributed by atoms with Crippen LogP contribution in [-0.4, -0.2) is 7.28 Å². The zero-order valence-electron chi connectivity index (χ0n) is 39.7. The fourth-order valence-electron chi connectivity index (χ4n) is 12.0. The third-order valence-electron chi connectivity index (χ3n) is 15.6. The Kier molecular flexibility index (Phi) is 9.81. The molecular formula is C64H52BN2S2. The van der Waals surface area contributed by atoms with Gasteiger partial charge in [0.05, 0.1) is 11.1 Å². The first-order chi connectivity index (χ1) is 33.6. The molecule has 69 heavy (non-hydrogen) atoms. The smallest absolute Gasteiger partial charge is 0.197 e. The van der Waals surface area contributed by atoms with E-state index in [1.165, 1.54) is 115 Å². The van der Waals surface area contributed by atoms with E-state index in [0.717, 1.165) is 17.8 Å². The fourth-order valence-corrected chi connectivity index (χ4v) is 14.2. The van der Waals surface area contributed by atoms with E-state index in [0.29, 0.717) is 0 Å². The molecule has 5 heteroatoms. The lowest BCUT2D eigenvalue weighted by Crippen LogP contribution is -2.42. The highest BCUT2D eigenvalue weighted by molar-refractivity contribution is 8.05. The molecule has 0 amide bonds. The lowest BCUT2D eigenvalue weighted by molar-refractivity contribution is 0.332. The molecule has 0 spiro atoms. The molecule has 1 aliphatic carbocycles. The van der Waals surface area contributed by atoms with Crippen molar-refractivity contribution in [2.75, 3.05) is 10.2 Å². The molecule has 0 aromatic heterocycles. The first kappa shape index (κ1) is 42.4. The maximum absolute atomic E-state index is 4.11. The third-order valence-corrected chi connectivity index (χ3v) is 18.1. The van der Waals surface area contributed by atoms with Crippen LogP contribution in [0.5, 0.6) is 0 Å². The van der Waals surface area contributed by atoms with Crippen LogP contribution in [0.15, 0.2) is 214 Å². The molecule has 9 aromatic carbocycles. The molecule has 0 atom stereocenters. The van der Waals surface area contributed by atoms with Crippen molar-refractivity contribution in [2.24, 2.45) is 0 Å². The van der Waals surface area contributed by atoms with Gasteiger partial charge in [0.25, 0.3) is 0 Å². The summed E-state index contributed by atoms with van der Waals surface area (Å²) in [7, 11) is 2.50. The van der Waals surface area contributed by atoms with Crippen LogP contribution < -0.4 is 21.1 Å². The molecule has 4 aliphatic rings. The van der Waals surface area contributed by atoms with Gasteiger partial charge in [-0.3, -0.25) is 0 Å². The van der Waals surface area contributed by atoms with E-state index in [9.17, 15) is 0 Å². The van der Waals surface area contributed by atoms with Crippen molar-refractivity contribution in [2.45, 2.75) is 83.3 Å². The van der Waals surface area contributed by atoms with Gasteiger partial charge in [-0.15, -0.1) is 0 Å². The zero-order valence-corrected chi connectivity index (χ0v) is 41.4. The van der Waals surface area contributed by atoms with Crippen molar-refractivity contribution in [3.05, 3.63) is 233 Å². The van der Waals surface area contributed by atoms with Crippen molar-refractivity contribution in [1.82, 2.24) is 0 Å². The lowest BCUT2D eigenvalue weighted by Gasteiger charge is -2.44. The Labute approximate surface area is 416 Å². The van der Waals surface area contributed by atoms with E-state index in [-0.39, 0.29) is 10.8 Å². The van der Waals surface area contributed by atoms with Gasteiger partial charge in [-0.2, -0.15) is 0 Å². The van der Waals surface area contributed by atoms with Crippen LogP contribution in [0.2, 0.25) is 0 Å². The summed E-state index contributed by atoms with van der Waals surface area (Å²) in [5.41, 5.74) is 21.9. The Hall–Kier alpha value is -6.66. The summed E-state index contributed by atoms with van der Waals surface area (Å²) in [5.74, 6) is 0. The number of anilines is 5. The number of hydrogen-bond acceptors (Lipinski definition) is 4. The maximum atomic E-state index is 4.11. The minimum Gasteiger partial charge on any atom is -0.354 e. The zero-order chi connectivity index (χ0) is 46.6. The quantitative estimate of drug-likeness (QED) is 0.173. The Balaban J connectivity index is 1.11. The van der Waals surface area contributed by atoms with Crippen molar-refractivity contribution in [1.29, 1.82) is 0 Å². The molecule has 0 saturated carbocycles. The first-order valence-corrected chi connectivity index (χ1v) is 26.0. The van der Waals surface area contributed by atoms with Crippen LogP contribution in [0.4, 0.5) is 28.4 Å². The highest BCUT2D eigenvalue weighted by atomic mass is 32.2. The molecule has 0 fully saturated rings. The van der Waals surface area contributed by atoms with E-state index < -0.39 is 5.41 Å². The summed E-state index contributed by atoms with van der Waals surface area (Å²) >= 11 is 3.79. The Bertz CT molecular complexity index is 3490. The molecule has 13 rings (SSSR count). The number of aryl methyl sites for hydroxylation is 1. The number of nitrogens with zero attached hydrogens (tertiary/aromatic N) is 1. The average molecular weight is 924 g/mol. The second-order valence-corrected chi connectivity index (χ2v) is 22.8. The first-order valence-electron chi connectivity index (χ1n) is 24.4. The average Bonchev–Trinajstić information content (AvgIpc) is 3.38. The summed E-state index contributed by atoms with van der Waals surface area (Å²) in [6.07, 6.45) is 2.33. The Morgan fingerprint density at radius 2 is 1.04 bits per heavy atom. The van der Waals surface area contributed by atoms with Crippen LogP contribution >= 0.6 is 23.5 Å². The van der Waals surface area contributed by atoms with Crippen LogP contribution in [0, 0.1) is 6.92 Å². The van der Waals surface area contributed by atoms with E-state index in [2.05, 4.69) is 246 Å². The number of benzene rings is 9. The second kappa shape index (κ2) is 16.0. The van der Waals surface area contributed by atoms with Crippen LogP contribution in [0.25, 0.3) is 22.3 Å². The van der Waals surface area contributed by atoms with Gasteiger partial charge in [0, 0.05) is 47.9 Å². The summed E-state index contributed by atoms with van der Waals surface area (Å²) < 4.78 is 0. The summed E-state index contributed by atoms with van der Waals surface area (Å²) in [4.78, 5) is 7.86. The minimum absolute atomic E-state index is 0.0407. The molecule has 3 heterocycles. The molecule has 0 bridgehead atoms. The van der Waals surface area contributed by atoms with E-state index >= 15 is 0 Å². The summed E-state index contributed by atoms with van der Waals surface area (Å²) in [6.45, 7) is 12.1. The van der Waals surface area contributed by atoms with Gasteiger partial charge in [-0.05, 0) is 134 Å². The van der Waals surface area contributed by atoms with Gasteiger partial charge in [0.2, 0.25) is 0 Å². The Morgan fingerprint density at radius 1 is 0.464 bits per heavy atom. The highest BCUT2D eigenvalue weighted by Crippen LogP contribution is 2.57. The standard InChI is InChI=1S/C64H52BN2S2/c1-40-34-49-50(63(4,5)33-32-62(49,2)3)37-53(40)67-54-39-59-58(68-56-30-17-18-31-57(56)69-59)38-51(54)65-60-46(35-42(36-55(60)67)41-20-9-6-10-21-41)45-26-19-28-48-61(45)66-52-29-16-15-27-47(52)64(48,43-22-11-7-12-23-43)44-24-13-8-14-25-44/h6-31,34-39,66H,32-33H2,1-5H3. The number of para-hydroxylation sites is 2. The molecule has 333 valence electrons. The van der Waals surface area contributed by atoms with Crippen LogP contribution in [-0.2, 0) is 16.2 Å². The molecule has 0 unspecified atom stereocenters. The largest absolute Gasteiger partial charge is 0.354 e. The monoisotopic (exact) mass is 923 g/mol. The third kappa shape index (κ3) is 6.64. The van der Waals surface area contributed by atoms with Gasteiger partial charge >= 0.3 is 0 Å². The van der Waals surface area contributed by atoms with Gasteiger partial charge in [-0.25, -0.2) is 0 Å². The fraction of sp³-hybridized carbons (Fsp3) is 0.156. The van der Waals surface area contributed by atoms with Crippen LogP contribution in [0.1, 0.15) is 79.5 Å². The molecular weight excluding hydrogens is 872 g/mol. The lowest BCUT2D eigenvalue weighted by atomic mass is 9.57. The number of nitrogens with one attached hydrogen (secondary N) is 1. The van der Waals surface area contributed by atoms with Crippen LogP contribution in [0.3, 0.4) is 0 Å². The van der Waals surface area contributed by atoms with E-state index in [4.69, 9.17) is 0 Å². The minimum atomic E-state index is -0.583. The predicted octanol–water partition coefficient (Wildman–Crippen LogP) is 16.2. The second-order valence-electron chi connectivity index (χ2n) is 20.6. The van der Waals surface area contributed by atoms with Gasteiger partial charge in [-0.1, -0.05) is 208 Å². The van der Waals surface area contributed by atoms with E-state index in [1.807, 2.05) is 23.5 Å². The number of hydrogen-bond donors (Lipinski definition) is 1. The molecule has 1 N–H and O–H groups in total. The number of rotatable bonds is 5. The summed E-state index contributed by atoms with van der Waals surface area (Å²) in [5, 5.41) is 4.11. The van der Waals surface area contributed by atoms with Gasteiger partial charge in [0.1, 0.15) is 0 Å². The van der Waals surface area contributed by atoms with E-state index in [1.54, 1.807) is 0 Å². The molecule has 1 radical (unpaired) electrons. The molecule has 9 aromatic rings. The summed E-state index contributed by atoms with van der Waals surface area (Å²) in [6, 6.07) is 73.0. The molecule has 3 aliphatic heterocycles. The van der Waals surface area contributed by atoms with Crippen molar-refractivity contribution in [3.8, 4) is 22.3 Å². The number of fused-ring (bicyclic) bond motifs is 7. The van der Waals surface area contributed by atoms with Gasteiger partial charge in [0.15, 0.2) is 7.28 Å². The van der Waals surface area contributed by atoms with Gasteiger partial charge < -0.3 is 10.2 Å². The molecule has 2 nitrogen and oxygen atoms in total. The Morgan fingerprint density at radius 3 is 1.72 bits per heavy atom.